The van der Waals surface area contributed by atoms with Crippen LogP contribution in [0.3, 0.4) is 0 Å². The first-order valence-electron chi connectivity index (χ1n) is 2.84. The highest BCUT2D eigenvalue weighted by Gasteiger charge is 1.96. The van der Waals surface area contributed by atoms with Crippen LogP contribution in [0.2, 0.25) is 5.15 Å². The van der Waals surface area contributed by atoms with Crippen molar-refractivity contribution in [3.63, 3.8) is 0 Å². The Morgan fingerprint density at radius 2 is 2.30 bits per heavy atom. The molecular weight excluding hydrogens is 150 g/mol. The second-order valence-electron chi connectivity index (χ2n) is 1.94. The largest absolute Gasteiger partial charge is 0.308 e. The van der Waals surface area contributed by atoms with Crippen LogP contribution in [-0.2, 0) is 0 Å². The molecule has 1 aromatic rings. The maximum Gasteiger partial charge on any atom is 0.144 e. The minimum Gasteiger partial charge on any atom is -0.308 e. The quantitative estimate of drug-likeness (QED) is 0.367. The number of aromatic nitrogens is 1. The second-order valence-corrected chi connectivity index (χ2v) is 2.33. The number of anilines is 1. The van der Waals surface area contributed by atoms with Crippen LogP contribution in [0.15, 0.2) is 12.1 Å². The van der Waals surface area contributed by atoms with Gasteiger partial charge in [0.15, 0.2) is 0 Å². The van der Waals surface area contributed by atoms with Gasteiger partial charge in [-0.05, 0) is 18.6 Å². The molecule has 3 nitrogen and oxygen atoms in total. The van der Waals surface area contributed by atoms with Gasteiger partial charge in [-0.3, -0.25) is 0 Å². The predicted octanol–water partition coefficient (Wildman–Crippen LogP) is 1.33. The molecular formula is C6H8ClN3. The third-order valence-corrected chi connectivity index (χ3v) is 1.41. The highest BCUT2D eigenvalue weighted by molar-refractivity contribution is 6.29. The fourth-order valence-corrected chi connectivity index (χ4v) is 0.799. The van der Waals surface area contributed by atoms with Gasteiger partial charge in [0.2, 0.25) is 0 Å². The van der Waals surface area contributed by atoms with E-state index in [1.54, 1.807) is 6.07 Å². The first-order valence-corrected chi connectivity index (χ1v) is 3.21. The number of nitrogen functional groups attached to an aromatic ring is 1. The van der Waals surface area contributed by atoms with Gasteiger partial charge in [-0.25, -0.2) is 10.8 Å². The van der Waals surface area contributed by atoms with Gasteiger partial charge in [0.25, 0.3) is 0 Å². The van der Waals surface area contributed by atoms with Crippen LogP contribution >= 0.6 is 11.6 Å². The molecule has 0 atom stereocenters. The summed E-state index contributed by atoms with van der Waals surface area (Å²) < 4.78 is 0. The highest BCUT2D eigenvalue weighted by Crippen LogP contribution is 2.13. The van der Waals surface area contributed by atoms with Crippen LogP contribution in [0.4, 0.5) is 5.82 Å². The van der Waals surface area contributed by atoms with Crippen molar-refractivity contribution in [2.45, 2.75) is 6.92 Å². The SMILES string of the molecule is Cc1ccc(Cl)nc1NN. The van der Waals surface area contributed by atoms with E-state index in [-0.39, 0.29) is 0 Å². The van der Waals surface area contributed by atoms with Gasteiger partial charge in [0.1, 0.15) is 11.0 Å². The fourth-order valence-electron chi connectivity index (χ4n) is 0.651. The molecule has 0 saturated carbocycles. The van der Waals surface area contributed by atoms with Crippen LogP contribution in [0.25, 0.3) is 0 Å². The van der Waals surface area contributed by atoms with Crippen molar-refractivity contribution in [3.8, 4) is 0 Å². The average Bonchev–Trinajstić information content (AvgIpc) is 1.94. The number of rotatable bonds is 1. The monoisotopic (exact) mass is 157 g/mol. The number of aryl methyl sites for hydroxylation is 1. The van der Waals surface area contributed by atoms with E-state index in [4.69, 9.17) is 17.4 Å². The van der Waals surface area contributed by atoms with Gasteiger partial charge < -0.3 is 5.43 Å². The molecule has 0 saturated heterocycles. The van der Waals surface area contributed by atoms with Gasteiger partial charge in [-0.2, -0.15) is 0 Å². The van der Waals surface area contributed by atoms with Crippen molar-refractivity contribution in [3.05, 3.63) is 22.8 Å². The van der Waals surface area contributed by atoms with Gasteiger partial charge >= 0.3 is 0 Å². The Morgan fingerprint density at radius 3 is 2.80 bits per heavy atom. The van der Waals surface area contributed by atoms with E-state index in [0.717, 1.165) is 5.56 Å². The molecule has 0 aliphatic heterocycles. The van der Waals surface area contributed by atoms with E-state index < -0.39 is 0 Å². The van der Waals surface area contributed by atoms with E-state index in [1.807, 2.05) is 13.0 Å². The summed E-state index contributed by atoms with van der Waals surface area (Å²) in [4.78, 5) is 3.92. The molecule has 0 amide bonds. The number of hydrogen-bond donors (Lipinski definition) is 2. The van der Waals surface area contributed by atoms with E-state index in [9.17, 15) is 0 Å². The molecule has 1 aromatic heterocycles. The zero-order valence-corrected chi connectivity index (χ0v) is 6.31. The molecule has 54 valence electrons. The highest BCUT2D eigenvalue weighted by atomic mass is 35.5. The van der Waals surface area contributed by atoms with Crippen molar-refractivity contribution in [1.82, 2.24) is 4.98 Å². The smallest absolute Gasteiger partial charge is 0.144 e. The lowest BCUT2D eigenvalue weighted by Gasteiger charge is -2.01. The third kappa shape index (κ3) is 1.37. The number of nitrogens with one attached hydrogen (secondary N) is 1. The summed E-state index contributed by atoms with van der Waals surface area (Å²) in [5.74, 6) is 5.77. The zero-order valence-electron chi connectivity index (χ0n) is 5.56. The van der Waals surface area contributed by atoms with Crippen LogP contribution in [0.5, 0.6) is 0 Å². The Bertz CT molecular complexity index is 236. The Labute approximate surface area is 64.2 Å². The van der Waals surface area contributed by atoms with Crippen molar-refractivity contribution < 1.29 is 0 Å². The Kier molecular flexibility index (Phi) is 2.09. The summed E-state index contributed by atoms with van der Waals surface area (Å²) in [7, 11) is 0. The minimum absolute atomic E-state index is 0.443. The minimum atomic E-state index is 0.443. The average molecular weight is 158 g/mol. The number of halogens is 1. The van der Waals surface area contributed by atoms with Crippen LogP contribution in [-0.4, -0.2) is 4.98 Å². The number of nitrogens with two attached hydrogens (primary N) is 1. The van der Waals surface area contributed by atoms with E-state index in [0.29, 0.717) is 11.0 Å². The molecule has 0 unspecified atom stereocenters. The second kappa shape index (κ2) is 2.86. The van der Waals surface area contributed by atoms with Gasteiger partial charge in [0, 0.05) is 0 Å². The van der Waals surface area contributed by atoms with Crippen molar-refractivity contribution >= 4 is 17.4 Å². The number of hydrazine groups is 1. The van der Waals surface area contributed by atoms with Crippen LogP contribution < -0.4 is 11.3 Å². The molecule has 0 spiro atoms. The van der Waals surface area contributed by atoms with E-state index in [2.05, 4.69) is 10.4 Å². The summed E-state index contributed by atoms with van der Waals surface area (Å²) in [6, 6.07) is 3.57. The van der Waals surface area contributed by atoms with Gasteiger partial charge in [0.05, 0.1) is 0 Å². The van der Waals surface area contributed by atoms with Gasteiger partial charge in [-0.15, -0.1) is 0 Å². The lowest BCUT2D eigenvalue weighted by Crippen LogP contribution is -2.09. The molecule has 1 heterocycles. The Balaban J connectivity index is 3.09. The van der Waals surface area contributed by atoms with Crippen molar-refractivity contribution in [2.24, 2.45) is 5.84 Å². The van der Waals surface area contributed by atoms with Crippen LogP contribution in [0.1, 0.15) is 5.56 Å². The maximum absolute atomic E-state index is 5.59. The number of nitrogens with zero attached hydrogens (tertiary/aromatic N) is 1. The maximum atomic E-state index is 5.59. The van der Waals surface area contributed by atoms with E-state index in [1.165, 1.54) is 0 Å². The zero-order chi connectivity index (χ0) is 7.56. The molecule has 0 bridgehead atoms. The summed E-state index contributed by atoms with van der Waals surface area (Å²) in [5.41, 5.74) is 3.42. The first kappa shape index (κ1) is 7.31. The fraction of sp³-hybridized carbons (Fsp3) is 0.167. The molecule has 3 N–H and O–H groups in total. The van der Waals surface area contributed by atoms with Gasteiger partial charge in [-0.1, -0.05) is 17.7 Å². The topological polar surface area (TPSA) is 50.9 Å². The summed E-state index contributed by atoms with van der Waals surface area (Å²) in [5, 5.41) is 0.443. The molecule has 0 radical (unpaired) electrons. The molecule has 0 aromatic carbocycles. The molecule has 0 fully saturated rings. The normalized spacial score (nSPS) is 9.50. The molecule has 1 rings (SSSR count). The summed E-state index contributed by atoms with van der Waals surface area (Å²) >= 11 is 5.59. The Hall–Kier alpha value is -0.800. The van der Waals surface area contributed by atoms with E-state index >= 15 is 0 Å². The summed E-state index contributed by atoms with van der Waals surface area (Å²) in [6.45, 7) is 1.90. The van der Waals surface area contributed by atoms with Crippen LogP contribution in [0, 0.1) is 6.92 Å². The predicted molar refractivity (Wildman–Crippen MR) is 41.8 cm³/mol. The lowest BCUT2D eigenvalue weighted by atomic mass is 10.3. The van der Waals surface area contributed by atoms with Crippen molar-refractivity contribution in [2.75, 3.05) is 5.43 Å². The molecule has 0 aliphatic rings. The number of pyridine rings is 1. The summed E-state index contributed by atoms with van der Waals surface area (Å²) in [6.07, 6.45) is 0. The molecule has 0 aliphatic carbocycles. The molecule has 10 heavy (non-hydrogen) atoms. The standard InChI is InChI=1S/C6H8ClN3/c1-4-2-3-5(7)9-6(4)10-8/h2-3H,8H2,1H3,(H,9,10). The third-order valence-electron chi connectivity index (χ3n) is 1.20. The number of hydrogen-bond acceptors (Lipinski definition) is 3. The lowest BCUT2D eigenvalue weighted by molar-refractivity contribution is 1.19. The Morgan fingerprint density at radius 1 is 1.60 bits per heavy atom. The molecule has 4 heteroatoms. The van der Waals surface area contributed by atoms with Crippen molar-refractivity contribution in [1.29, 1.82) is 0 Å². The first-order chi connectivity index (χ1) is 4.74.